The molecule has 0 aliphatic carbocycles. The lowest BCUT2D eigenvalue weighted by Gasteiger charge is -2.06. The zero-order valence-corrected chi connectivity index (χ0v) is 12.3. The number of carbonyl (C=O) groups is 1. The van der Waals surface area contributed by atoms with Gasteiger partial charge in [0.2, 0.25) is 0 Å². The van der Waals surface area contributed by atoms with E-state index in [0.717, 1.165) is 9.41 Å². The Hall–Kier alpha value is -2.28. The molecule has 3 aromatic rings. The predicted molar refractivity (Wildman–Crippen MR) is 81.3 cm³/mol. The summed E-state index contributed by atoms with van der Waals surface area (Å²) >= 11 is 1.66. The normalized spacial score (nSPS) is 11.6. The number of nitrogens with one attached hydrogen (secondary N) is 1. The Labute approximate surface area is 123 Å². The third-order valence-corrected chi connectivity index (χ3v) is 3.97. The fourth-order valence-corrected chi connectivity index (χ4v) is 3.01. The maximum atomic E-state index is 12.4. The second-order valence-corrected chi connectivity index (χ2v) is 6.59. The molecule has 2 heterocycles. The molecule has 0 radical (unpaired) electrons. The molecule has 2 aromatic heterocycles. The second-order valence-electron chi connectivity index (χ2n) is 4.94. The van der Waals surface area contributed by atoms with Crippen LogP contribution in [0.1, 0.15) is 24.3 Å². The number of thioether (sulfide) groups is 1. The van der Waals surface area contributed by atoms with E-state index in [-0.39, 0.29) is 11.3 Å². The van der Waals surface area contributed by atoms with Crippen LogP contribution < -0.4 is 5.56 Å². The number of aromatic nitrogens is 3. The van der Waals surface area contributed by atoms with Gasteiger partial charge in [-0.3, -0.25) is 4.79 Å². The topological polar surface area (TPSA) is 87.5 Å². The van der Waals surface area contributed by atoms with Crippen molar-refractivity contribution in [1.29, 1.82) is 0 Å². The first-order valence-corrected chi connectivity index (χ1v) is 7.29. The average Bonchev–Trinajstić information content (AvgIpc) is 2.83. The van der Waals surface area contributed by atoms with Gasteiger partial charge in [0, 0.05) is 16.2 Å². The van der Waals surface area contributed by atoms with Crippen molar-refractivity contribution in [3.05, 3.63) is 40.3 Å². The summed E-state index contributed by atoms with van der Waals surface area (Å²) in [6.07, 6.45) is 0. The number of fused-ring (bicyclic) bond motifs is 2. The Morgan fingerprint density at radius 2 is 2.14 bits per heavy atom. The lowest BCUT2D eigenvalue weighted by Crippen LogP contribution is -2.15. The Morgan fingerprint density at radius 3 is 2.81 bits per heavy atom. The molecule has 0 aliphatic rings. The van der Waals surface area contributed by atoms with Crippen molar-refractivity contribution in [1.82, 2.24) is 14.6 Å². The molecule has 7 heteroatoms. The first-order chi connectivity index (χ1) is 9.95. The van der Waals surface area contributed by atoms with E-state index in [4.69, 9.17) is 5.11 Å². The molecular weight excluding hydrogens is 290 g/mol. The standard InChI is InChI=1S/C14H13N3O3S/c1-7(2)21-8-3-4-10-9(5-8)13(18)17-12(15-10)6-11(16-17)14(19)20/h3-7,15H,1-2H3,(H,19,20). The Morgan fingerprint density at radius 1 is 1.38 bits per heavy atom. The van der Waals surface area contributed by atoms with E-state index >= 15 is 0 Å². The number of hydrogen-bond acceptors (Lipinski definition) is 4. The number of carboxylic acid groups (broad SMARTS) is 1. The molecule has 0 amide bonds. The smallest absolute Gasteiger partial charge is 0.356 e. The van der Waals surface area contributed by atoms with Gasteiger partial charge in [-0.25, -0.2) is 4.79 Å². The molecule has 0 atom stereocenters. The number of hydrogen-bond donors (Lipinski definition) is 2. The van der Waals surface area contributed by atoms with E-state index < -0.39 is 5.97 Å². The molecule has 0 aliphatic heterocycles. The van der Waals surface area contributed by atoms with Crippen molar-refractivity contribution in [2.75, 3.05) is 0 Å². The van der Waals surface area contributed by atoms with Crippen molar-refractivity contribution in [2.45, 2.75) is 24.0 Å². The highest BCUT2D eigenvalue weighted by molar-refractivity contribution is 7.99. The Kier molecular flexibility index (Phi) is 3.21. The molecule has 2 N–H and O–H groups in total. The van der Waals surface area contributed by atoms with Gasteiger partial charge in [0.1, 0.15) is 5.65 Å². The van der Waals surface area contributed by atoms with Gasteiger partial charge in [0.25, 0.3) is 5.56 Å². The van der Waals surface area contributed by atoms with Gasteiger partial charge in [-0.15, -0.1) is 11.8 Å². The monoisotopic (exact) mass is 303 g/mol. The summed E-state index contributed by atoms with van der Waals surface area (Å²) < 4.78 is 1.09. The molecule has 0 spiro atoms. The van der Waals surface area contributed by atoms with Gasteiger partial charge < -0.3 is 10.1 Å². The van der Waals surface area contributed by atoms with Crippen molar-refractivity contribution in [2.24, 2.45) is 0 Å². The number of aromatic amines is 1. The lowest BCUT2D eigenvalue weighted by atomic mass is 10.2. The van der Waals surface area contributed by atoms with E-state index in [0.29, 0.717) is 21.8 Å². The van der Waals surface area contributed by atoms with E-state index in [1.807, 2.05) is 12.1 Å². The maximum Gasteiger partial charge on any atom is 0.356 e. The van der Waals surface area contributed by atoms with Crippen molar-refractivity contribution >= 4 is 34.3 Å². The summed E-state index contributed by atoms with van der Waals surface area (Å²) in [5.74, 6) is -1.16. The highest BCUT2D eigenvalue weighted by atomic mass is 32.2. The Bertz CT molecular complexity index is 911. The van der Waals surface area contributed by atoms with Crippen LogP contribution in [0.3, 0.4) is 0 Å². The second kappa shape index (κ2) is 4.92. The fraction of sp³-hybridized carbons (Fsp3) is 0.214. The van der Waals surface area contributed by atoms with Crippen molar-refractivity contribution < 1.29 is 9.90 Å². The van der Waals surface area contributed by atoms with Gasteiger partial charge >= 0.3 is 5.97 Å². The highest BCUT2D eigenvalue weighted by Crippen LogP contribution is 2.25. The summed E-state index contributed by atoms with van der Waals surface area (Å²) in [6.45, 7) is 4.16. The predicted octanol–water partition coefficient (Wildman–Crippen LogP) is 2.37. The Balaban J connectivity index is 2.27. The quantitative estimate of drug-likeness (QED) is 0.725. The molecule has 108 valence electrons. The minimum atomic E-state index is -1.16. The number of nitrogens with zero attached hydrogens (tertiary/aromatic N) is 2. The SMILES string of the molecule is CC(C)Sc1ccc2[nH]c3cc(C(=O)O)nn3c(=O)c2c1. The average molecular weight is 303 g/mol. The molecule has 0 fully saturated rings. The van der Waals surface area contributed by atoms with Gasteiger partial charge in [0.05, 0.1) is 10.9 Å². The van der Waals surface area contributed by atoms with Crippen molar-refractivity contribution in [3.8, 4) is 0 Å². The van der Waals surface area contributed by atoms with Crippen LogP contribution in [-0.2, 0) is 0 Å². The van der Waals surface area contributed by atoms with Crippen LogP contribution in [0, 0.1) is 0 Å². The van der Waals surface area contributed by atoms with Crippen molar-refractivity contribution in [3.63, 3.8) is 0 Å². The fourth-order valence-electron chi connectivity index (χ4n) is 2.14. The molecule has 0 bridgehead atoms. The molecule has 0 saturated heterocycles. The molecular formula is C14H13N3O3S. The van der Waals surface area contributed by atoms with Gasteiger partial charge in [-0.05, 0) is 18.2 Å². The van der Waals surface area contributed by atoms with Gasteiger partial charge in [-0.2, -0.15) is 9.61 Å². The lowest BCUT2D eigenvalue weighted by molar-refractivity contribution is 0.0690. The minimum Gasteiger partial charge on any atom is -0.476 e. The number of rotatable bonds is 3. The number of carboxylic acids is 1. The minimum absolute atomic E-state index is 0.157. The van der Waals surface area contributed by atoms with Crippen LogP contribution in [-0.4, -0.2) is 30.9 Å². The third kappa shape index (κ3) is 2.40. The number of aromatic carboxylic acids is 1. The molecule has 0 unspecified atom stereocenters. The number of benzene rings is 1. The summed E-state index contributed by atoms with van der Waals surface area (Å²) in [5.41, 5.74) is 0.555. The molecule has 1 aromatic carbocycles. The van der Waals surface area contributed by atoms with Crippen LogP contribution in [0.25, 0.3) is 16.6 Å². The highest BCUT2D eigenvalue weighted by Gasteiger charge is 2.13. The van der Waals surface area contributed by atoms with E-state index in [1.54, 1.807) is 17.8 Å². The summed E-state index contributed by atoms with van der Waals surface area (Å²) in [6, 6.07) is 6.92. The van der Waals surface area contributed by atoms with E-state index in [2.05, 4.69) is 23.9 Å². The van der Waals surface area contributed by atoms with Crippen LogP contribution in [0.4, 0.5) is 0 Å². The molecule has 0 saturated carbocycles. The van der Waals surface area contributed by atoms with Crippen LogP contribution in [0.2, 0.25) is 0 Å². The number of H-pyrrole nitrogens is 1. The largest absolute Gasteiger partial charge is 0.476 e. The maximum absolute atomic E-state index is 12.4. The summed E-state index contributed by atoms with van der Waals surface area (Å²) in [4.78, 5) is 27.4. The first kappa shape index (κ1) is 13.7. The first-order valence-electron chi connectivity index (χ1n) is 6.41. The van der Waals surface area contributed by atoms with Gasteiger partial charge in [0.15, 0.2) is 5.69 Å². The molecule has 6 nitrogen and oxygen atoms in total. The third-order valence-electron chi connectivity index (χ3n) is 2.98. The van der Waals surface area contributed by atoms with Crippen LogP contribution >= 0.6 is 11.8 Å². The zero-order chi connectivity index (χ0) is 15.1. The summed E-state index contributed by atoms with van der Waals surface area (Å²) in [7, 11) is 0. The zero-order valence-electron chi connectivity index (χ0n) is 11.5. The van der Waals surface area contributed by atoms with Crippen LogP contribution in [0.5, 0.6) is 0 Å². The molecule has 21 heavy (non-hydrogen) atoms. The van der Waals surface area contributed by atoms with E-state index in [9.17, 15) is 9.59 Å². The van der Waals surface area contributed by atoms with E-state index in [1.165, 1.54) is 6.07 Å². The molecule has 3 rings (SSSR count). The summed E-state index contributed by atoms with van der Waals surface area (Å²) in [5, 5.41) is 13.7. The van der Waals surface area contributed by atoms with Crippen LogP contribution in [0.15, 0.2) is 34.0 Å². The van der Waals surface area contributed by atoms with Gasteiger partial charge in [-0.1, -0.05) is 13.8 Å².